The normalized spacial score (nSPS) is 13.6. The molecule has 2 aromatic heterocycles. The molecule has 3 heterocycles. The van der Waals surface area contributed by atoms with Crippen LogP contribution in [0.3, 0.4) is 0 Å². The van der Waals surface area contributed by atoms with E-state index in [9.17, 15) is 9.18 Å². The first-order chi connectivity index (χ1) is 12.1. The van der Waals surface area contributed by atoms with Crippen molar-refractivity contribution in [3.8, 4) is 11.4 Å². The van der Waals surface area contributed by atoms with E-state index in [1.54, 1.807) is 35.4 Å². The van der Waals surface area contributed by atoms with Crippen molar-refractivity contribution in [3.63, 3.8) is 0 Å². The van der Waals surface area contributed by atoms with E-state index in [4.69, 9.17) is 11.6 Å². The van der Waals surface area contributed by atoms with Crippen LogP contribution >= 0.6 is 22.9 Å². The average molecular weight is 374 g/mol. The van der Waals surface area contributed by atoms with Gasteiger partial charge in [0.2, 0.25) is 0 Å². The van der Waals surface area contributed by atoms with Gasteiger partial charge in [-0.25, -0.2) is 14.4 Å². The number of fused-ring (bicyclic) bond motifs is 1. The molecule has 7 heteroatoms. The zero-order valence-corrected chi connectivity index (χ0v) is 14.6. The van der Waals surface area contributed by atoms with E-state index in [0.717, 1.165) is 16.8 Å². The van der Waals surface area contributed by atoms with Gasteiger partial charge in [-0.1, -0.05) is 11.6 Å². The van der Waals surface area contributed by atoms with Gasteiger partial charge in [0.1, 0.15) is 5.82 Å². The van der Waals surface area contributed by atoms with Crippen LogP contribution in [0.5, 0.6) is 0 Å². The fourth-order valence-electron chi connectivity index (χ4n) is 2.81. The van der Waals surface area contributed by atoms with Crippen LogP contribution in [0.4, 0.5) is 4.39 Å². The summed E-state index contributed by atoms with van der Waals surface area (Å²) in [6.45, 7) is 1.08. The molecule has 3 aromatic rings. The predicted molar refractivity (Wildman–Crippen MR) is 95.2 cm³/mol. The average Bonchev–Trinajstić information content (AvgIpc) is 3.07. The molecule has 1 amide bonds. The number of benzene rings is 1. The molecule has 1 aliphatic rings. The maximum Gasteiger partial charge on any atom is 0.264 e. The lowest BCUT2D eigenvalue weighted by molar-refractivity contribution is 0.0738. The molecule has 0 radical (unpaired) electrons. The summed E-state index contributed by atoms with van der Waals surface area (Å²) in [6.07, 6.45) is 2.42. The first-order valence-electron chi connectivity index (χ1n) is 7.75. The fourth-order valence-corrected chi connectivity index (χ4v) is 3.82. The number of amides is 1. The van der Waals surface area contributed by atoms with Crippen LogP contribution in [-0.2, 0) is 13.0 Å². The zero-order chi connectivity index (χ0) is 17.4. The smallest absolute Gasteiger partial charge is 0.264 e. The SMILES string of the molecule is O=C(c1ccc(Cl)s1)N1CCc2nc(-c3ccc(F)cc3)ncc2C1. The Bertz CT molecular complexity index is 942. The van der Waals surface area contributed by atoms with Gasteiger partial charge in [0.15, 0.2) is 5.82 Å². The molecule has 0 saturated carbocycles. The van der Waals surface area contributed by atoms with Crippen molar-refractivity contribution in [1.29, 1.82) is 0 Å². The minimum atomic E-state index is -0.287. The summed E-state index contributed by atoms with van der Waals surface area (Å²) < 4.78 is 13.7. The van der Waals surface area contributed by atoms with Gasteiger partial charge in [0.05, 0.1) is 14.9 Å². The Hall–Kier alpha value is -2.31. The van der Waals surface area contributed by atoms with Crippen LogP contribution in [0.2, 0.25) is 4.34 Å². The molecule has 0 fully saturated rings. The van der Waals surface area contributed by atoms with Crippen LogP contribution in [-0.4, -0.2) is 27.3 Å². The number of hydrogen-bond donors (Lipinski definition) is 0. The van der Waals surface area contributed by atoms with Crippen molar-refractivity contribution < 1.29 is 9.18 Å². The highest BCUT2D eigenvalue weighted by atomic mass is 35.5. The van der Waals surface area contributed by atoms with Gasteiger partial charge in [-0.3, -0.25) is 4.79 Å². The third-order valence-electron chi connectivity index (χ3n) is 4.11. The molecular weight excluding hydrogens is 361 g/mol. The van der Waals surface area contributed by atoms with Gasteiger partial charge in [-0.05, 0) is 36.4 Å². The minimum Gasteiger partial charge on any atom is -0.333 e. The highest BCUT2D eigenvalue weighted by Gasteiger charge is 2.24. The van der Waals surface area contributed by atoms with Gasteiger partial charge in [0, 0.05) is 36.8 Å². The van der Waals surface area contributed by atoms with E-state index in [1.165, 1.54) is 23.5 Å². The van der Waals surface area contributed by atoms with E-state index < -0.39 is 0 Å². The van der Waals surface area contributed by atoms with E-state index in [-0.39, 0.29) is 11.7 Å². The summed E-state index contributed by atoms with van der Waals surface area (Å²) in [5.74, 6) is 0.262. The predicted octanol–water partition coefficient (Wildman–Crippen LogP) is 4.20. The van der Waals surface area contributed by atoms with Crippen molar-refractivity contribution in [2.24, 2.45) is 0 Å². The Labute approximate surface area is 152 Å². The molecule has 0 saturated heterocycles. The standard InChI is InChI=1S/C18H13ClFN3OS/c19-16-6-5-15(25-16)18(24)23-8-7-14-12(10-23)9-21-17(22-14)11-1-3-13(20)4-2-11/h1-6,9H,7-8,10H2. The molecule has 0 spiro atoms. The first-order valence-corrected chi connectivity index (χ1v) is 8.95. The lowest BCUT2D eigenvalue weighted by Gasteiger charge is -2.27. The third kappa shape index (κ3) is 3.27. The molecule has 1 aromatic carbocycles. The van der Waals surface area contributed by atoms with Gasteiger partial charge < -0.3 is 4.90 Å². The highest BCUT2D eigenvalue weighted by molar-refractivity contribution is 7.17. The molecule has 126 valence electrons. The quantitative estimate of drug-likeness (QED) is 0.676. The molecule has 1 aliphatic heterocycles. The zero-order valence-electron chi connectivity index (χ0n) is 13.1. The Kier molecular flexibility index (Phi) is 4.23. The maximum absolute atomic E-state index is 13.1. The summed E-state index contributed by atoms with van der Waals surface area (Å²) in [5.41, 5.74) is 2.65. The molecule has 4 nitrogen and oxygen atoms in total. The molecular formula is C18H13ClFN3OS. The minimum absolute atomic E-state index is 0.0230. The second kappa shape index (κ2) is 6.54. The second-order valence-electron chi connectivity index (χ2n) is 5.75. The van der Waals surface area contributed by atoms with Crippen LogP contribution in [0.15, 0.2) is 42.6 Å². The van der Waals surface area contributed by atoms with Crippen molar-refractivity contribution in [3.05, 3.63) is 68.9 Å². The van der Waals surface area contributed by atoms with Crippen LogP contribution < -0.4 is 0 Å². The number of carbonyl (C=O) groups excluding carboxylic acids is 1. The first kappa shape index (κ1) is 16.2. The van der Waals surface area contributed by atoms with Crippen LogP contribution in [0, 0.1) is 5.82 Å². The summed E-state index contributed by atoms with van der Waals surface area (Å²) in [4.78, 5) is 23.9. The summed E-state index contributed by atoms with van der Waals surface area (Å²) >= 11 is 7.20. The van der Waals surface area contributed by atoms with E-state index in [1.807, 2.05) is 0 Å². The molecule has 0 unspecified atom stereocenters. The Balaban J connectivity index is 1.56. The van der Waals surface area contributed by atoms with Crippen molar-refractivity contribution in [1.82, 2.24) is 14.9 Å². The number of rotatable bonds is 2. The van der Waals surface area contributed by atoms with Gasteiger partial charge in [0.25, 0.3) is 5.91 Å². The Morgan fingerprint density at radius 1 is 1.20 bits per heavy atom. The third-order valence-corrected chi connectivity index (χ3v) is 5.33. The Morgan fingerprint density at radius 3 is 2.72 bits per heavy atom. The molecule has 4 rings (SSSR count). The topological polar surface area (TPSA) is 46.1 Å². The fraction of sp³-hybridized carbons (Fsp3) is 0.167. The summed E-state index contributed by atoms with van der Waals surface area (Å²) in [6, 6.07) is 9.59. The molecule has 0 aliphatic carbocycles. The van der Waals surface area contributed by atoms with Gasteiger partial charge in [-0.15, -0.1) is 11.3 Å². The van der Waals surface area contributed by atoms with Gasteiger partial charge >= 0.3 is 0 Å². The number of hydrogen-bond acceptors (Lipinski definition) is 4. The number of nitrogens with zero attached hydrogens (tertiary/aromatic N) is 3. The van der Waals surface area contributed by atoms with Crippen molar-refractivity contribution in [2.45, 2.75) is 13.0 Å². The largest absolute Gasteiger partial charge is 0.333 e. The molecule has 0 N–H and O–H groups in total. The Morgan fingerprint density at radius 2 is 2.00 bits per heavy atom. The highest BCUT2D eigenvalue weighted by Crippen LogP contribution is 2.26. The number of halogens is 2. The summed E-state index contributed by atoms with van der Waals surface area (Å²) in [7, 11) is 0. The monoisotopic (exact) mass is 373 g/mol. The maximum atomic E-state index is 13.1. The number of thiophene rings is 1. The molecule has 25 heavy (non-hydrogen) atoms. The van der Waals surface area contributed by atoms with Gasteiger partial charge in [-0.2, -0.15) is 0 Å². The number of carbonyl (C=O) groups is 1. The lowest BCUT2D eigenvalue weighted by atomic mass is 10.1. The van der Waals surface area contributed by atoms with Crippen molar-refractivity contribution in [2.75, 3.05) is 6.54 Å². The van der Waals surface area contributed by atoms with E-state index >= 15 is 0 Å². The summed E-state index contributed by atoms with van der Waals surface area (Å²) in [5, 5.41) is 0. The number of aromatic nitrogens is 2. The van der Waals surface area contributed by atoms with E-state index in [0.29, 0.717) is 34.5 Å². The van der Waals surface area contributed by atoms with Crippen molar-refractivity contribution >= 4 is 28.8 Å². The lowest BCUT2D eigenvalue weighted by Crippen LogP contribution is -2.36. The molecule has 0 bridgehead atoms. The van der Waals surface area contributed by atoms with Crippen LogP contribution in [0.25, 0.3) is 11.4 Å². The van der Waals surface area contributed by atoms with E-state index in [2.05, 4.69) is 9.97 Å². The van der Waals surface area contributed by atoms with Crippen LogP contribution in [0.1, 0.15) is 20.9 Å². The molecule has 0 atom stereocenters. The second-order valence-corrected chi connectivity index (χ2v) is 7.47.